The summed E-state index contributed by atoms with van der Waals surface area (Å²) in [5.41, 5.74) is 1.48. The smallest absolute Gasteiger partial charge is 0.133 e. The third-order valence-corrected chi connectivity index (χ3v) is 8.81. The molecule has 2 aromatic rings. The van der Waals surface area contributed by atoms with Gasteiger partial charge >= 0.3 is 0 Å². The van der Waals surface area contributed by atoms with Gasteiger partial charge in [-0.05, 0) is 40.4 Å². The van der Waals surface area contributed by atoms with Crippen molar-refractivity contribution in [2.75, 3.05) is 0 Å². The molecule has 2 heterocycles. The summed E-state index contributed by atoms with van der Waals surface area (Å²) < 4.78 is 1.23. The maximum Gasteiger partial charge on any atom is 0.133 e. The van der Waals surface area contributed by atoms with Crippen molar-refractivity contribution in [2.45, 2.75) is 129 Å². The predicted molar refractivity (Wildman–Crippen MR) is 146 cm³/mol. The molecule has 0 aliphatic rings. The van der Waals surface area contributed by atoms with Gasteiger partial charge in [0.15, 0.2) is 0 Å². The normalized spacial score (nSPS) is 11.4. The van der Waals surface area contributed by atoms with E-state index < -0.39 is 0 Å². The molecule has 0 atom stereocenters. The third kappa shape index (κ3) is 12.6. The van der Waals surface area contributed by atoms with E-state index in [0.29, 0.717) is 0 Å². The maximum atomic E-state index is 4.50. The fourth-order valence-electron chi connectivity index (χ4n) is 4.31. The minimum atomic E-state index is 1.17. The Morgan fingerprint density at radius 2 is 1.19 bits per heavy atom. The van der Waals surface area contributed by atoms with Crippen molar-refractivity contribution in [3.8, 4) is 9.88 Å². The van der Waals surface area contributed by atoms with Crippen LogP contribution in [0.25, 0.3) is 9.88 Å². The predicted octanol–water partition coefficient (Wildman–Crippen LogP) is 11.2. The summed E-state index contributed by atoms with van der Waals surface area (Å²) in [6, 6.07) is 2.30. The topological polar surface area (TPSA) is 12.9 Å². The first-order valence-electron chi connectivity index (χ1n) is 13.0. The molecule has 1 nitrogen and oxygen atoms in total. The number of aryl methyl sites for hydroxylation is 1. The van der Waals surface area contributed by atoms with Gasteiger partial charge in [0, 0.05) is 11.6 Å². The number of halogens is 1. The van der Waals surface area contributed by atoms with E-state index in [0.717, 1.165) is 0 Å². The van der Waals surface area contributed by atoms with E-state index in [9.17, 15) is 0 Å². The molecule has 4 heteroatoms. The molecule has 0 saturated heterocycles. The van der Waals surface area contributed by atoms with E-state index in [1.54, 1.807) is 11.3 Å². The highest BCUT2D eigenvalue weighted by molar-refractivity contribution is 9.11. The van der Waals surface area contributed by atoms with Crippen LogP contribution in [0.5, 0.6) is 0 Å². The molecule has 176 valence electrons. The third-order valence-electron chi connectivity index (χ3n) is 6.21. The summed E-state index contributed by atoms with van der Waals surface area (Å²) in [7, 11) is 0. The second-order valence-corrected chi connectivity index (χ2v) is 12.3. The van der Waals surface area contributed by atoms with Gasteiger partial charge in [-0.3, -0.25) is 0 Å². The summed E-state index contributed by atoms with van der Waals surface area (Å²) >= 11 is 7.23. The summed E-state index contributed by atoms with van der Waals surface area (Å²) in [6.45, 7) is 2.30. The number of thiazole rings is 1. The number of aromatic nitrogens is 1. The highest BCUT2D eigenvalue weighted by atomic mass is 79.9. The van der Waals surface area contributed by atoms with Crippen LogP contribution in [0.3, 0.4) is 0 Å². The average molecular weight is 527 g/mol. The zero-order valence-corrected chi connectivity index (χ0v) is 23.0. The van der Waals surface area contributed by atoms with E-state index >= 15 is 0 Å². The van der Waals surface area contributed by atoms with Crippen molar-refractivity contribution < 1.29 is 0 Å². The first-order valence-corrected chi connectivity index (χ1v) is 15.5. The summed E-state index contributed by atoms with van der Waals surface area (Å²) in [6.07, 6.45) is 28.9. The molecule has 0 bridgehead atoms. The quantitative estimate of drug-likeness (QED) is 0.156. The van der Waals surface area contributed by atoms with Crippen LogP contribution >= 0.6 is 38.6 Å². The van der Waals surface area contributed by atoms with Crippen LogP contribution in [0.1, 0.15) is 128 Å². The van der Waals surface area contributed by atoms with Gasteiger partial charge in [-0.2, -0.15) is 0 Å². The van der Waals surface area contributed by atoms with Crippen LogP contribution in [-0.4, -0.2) is 4.98 Å². The Hall–Kier alpha value is -0.190. The zero-order valence-electron chi connectivity index (χ0n) is 19.8. The van der Waals surface area contributed by atoms with E-state index in [-0.39, 0.29) is 0 Å². The molecule has 0 aliphatic heterocycles. The lowest BCUT2D eigenvalue weighted by atomic mass is 10.0. The molecule has 0 unspecified atom stereocenters. The number of rotatable bonds is 20. The van der Waals surface area contributed by atoms with Crippen LogP contribution in [0.2, 0.25) is 0 Å². The first kappa shape index (κ1) is 27.1. The minimum absolute atomic E-state index is 1.17. The molecule has 0 aliphatic carbocycles. The highest BCUT2D eigenvalue weighted by Gasteiger charge is 2.11. The van der Waals surface area contributed by atoms with Crippen LogP contribution < -0.4 is 0 Å². The van der Waals surface area contributed by atoms with Crippen molar-refractivity contribution in [3.63, 3.8) is 0 Å². The van der Waals surface area contributed by atoms with Gasteiger partial charge in [-0.25, -0.2) is 4.98 Å². The van der Waals surface area contributed by atoms with Gasteiger partial charge in [0.1, 0.15) is 5.01 Å². The Labute approximate surface area is 208 Å². The lowest BCUT2D eigenvalue weighted by molar-refractivity contribution is 0.525. The Morgan fingerprint density at radius 3 is 1.65 bits per heavy atom. The van der Waals surface area contributed by atoms with Crippen molar-refractivity contribution in [2.24, 2.45) is 0 Å². The number of hydrogen-bond donors (Lipinski definition) is 0. The standard InChI is InChI=1S/C27H44BrNS2/c1-2-3-4-5-6-7-8-9-10-11-12-13-14-15-16-17-18-19-20-24-23-25(28)31-26(24)27-29-21-22-30-27/h21-23H,2-20H2,1H3. The Balaban J connectivity index is 1.35. The van der Waals surface area contributed by atoms with Crippen LogP contribution in [0.15, 0.2) is 21.4 Å². The molecule has 0 spiro atoms. The second-order valence-electron chi connectivity index (χ2n) is 9.00. The molecule has 0 fully saturated rings. The van der Waals surface area contributed by atoms with Gasteiger partial charge in [-0.15, -0.1) is 22.7 Å². The molecule has 31 heavy (non-hydrogen) atoms. The van der Waals surface area contributed by atoms with Crippen LogP contribution in [0, 0.1) is 0 Å². The number of unbranched alkanes of at least 4 members (excludes halogenated alkanes) is 17. The second kappa shape index (κ2) is 18.3. The van der Waals surface area contributed by atoms with Gasteiger partial charge in [-0.1, -0.05) is 116 Å². The largest absolute Gasteiger partial charge is 0.244 e. The summed E-state index contributed by atoms with van der Waals surface area (Å²) in [5.74, 6) is 0. The van der Waals surface area contributed by atoms with Gasteiger partial charge < -0.3 is 0 Å². The zero-order chi connectivity index (χ0) is 22.0. The van der Waals surface area contributed by atoms with Crippen LogP contribution in [-0.2, 0) is 6.42 Å². The molecule has 0 saturated carbocycles. The van der Waals surface area contributed by atoms with E-state index in [1.165, 1.54) is 141 Å². The van der Waals surface area contributed by atoms with Gasteiger partial charge in [0.05, 0.1) is 8.66 Å². The summed E-state index contributed by atoms with van der Waals surface area (Å²) in [4.78, 5) is 5.87. The molecular formula is C27H44BrNS2. The van der Waals surface area contributed by atoms with E-state index in [1.807, 2.05) is 17.5 Å². The Bertz CT molecular complexity index is 650. The molecular weight excluding hydrogens is 482 g/mol. The molecule has 0 N–H and O–H groups in total. The molecule has 0 aromatic carbocycles. The van der Waals surface area contributed by atoms with Crippen molar-refractivity contribution in [3.05, 3.63) is 27.0 Å². The SMILES string of the molecule is CCCCCCCCCCCCCCCCCCCCc1cc(Br)sc1-c1nccs1. The molecule has 2 rings (SSSR count). The number of nitrogens with zero attached hydrogens (tertiary/aromatic N) is 1. The Morgan fingerprint density at radius 1 is 0.710 bits per heavy atom. The van der Waals surface area contributed by atoms with E-state index in [4.69, 9.17) is 0 Å². The van der Waals surface area contributed by atoms with Crippen molar-refractivity contribution in [1.29, 1.82) is 0 Å². The minimum Gasteiger partial charge on any atom is -0.244 e. The average Bonchev–Trinajstić information content (AvgIpc) is 3.42. The molecule has 0 radical (unpaired) electrons. The maximum absolute atomic E-state index is 4.50. The number of thiophene rings is 1. The molecule has 2 aromatic heterocycles. The fourth-order valence-corrected chi connectivity index (χ4v) is 6.78. The lowest BCUT2D eigenvalue weighted by Crippen LogP contribution is -1.87. The number of hydrogen-bond acceptors (Lipinski definition) is 3. The Kier molecular flexibility index (Phi) is 15.9. The molecule has 0 amide bonds. The summed E-state index contributed by atoms with van der Waals surface area (Å²) in [5, 5.41) is 3.25. The van der Waals surface area contributed by atoms with Gasteiger partial charge in [0.25, 0.3) is 0 Å². The first-order chi connectivity index (χ1) is 15.3. The van der Waals surface area contributed by atoms with Crippen LogP contribution in [0.4, 0.5) is 0 Å². The van der Waals surface area contributed by atoms with Crippen molar-refractivity contribution in [1.82, 2.24) is 4.98 Å². The van der Waals surface area contributed by atoms with Crippen molar-refractivity contribution >= 4 is 38.6 Å². The van der Waals surface area contributed by atoms with Gasteiger partial charge in [0.2, 0.25) is 0 Å². The monoisotopic (exact) mass is 525 g/mol. The fraction of sp³-hybridized carbons (Fsp3) is 0.741. The lowest BCUT2D eigenvalue weighted by Gasteiger charge is -2.04. The highest BCUT2D eigenvalue weighted by Crippen LogP contribution is 2.37. The van der Waals surface area contributed by atoms with E-state index in [2.05, 4.69) is 39.3 Å².